The Kier molecular flexibility index (Phi) is 25.9. The van der Waals surface area contributed by atoms with Crippen LogP contribution in [0.5, 0.6) is 17.2 Å². The Morgan fingerprint density at radius 1 is 0.495 bits per heavy atom. The van der Waals surface area contributed by atoms with Crippen molar-refractivity contribution in [3.8, 4) is 17.2 Å². The molecule has 15 saturated carbocycles. The summed E-state index contributed by atoms with van der Waals surface area (Å²) in [5.41, 5.74) is 0.448. The van der Waals surface area contributed by atoms with Crippen LogP contribution in [0, 0.1) is 105 Å². The largest absolute Gasteiger partial charge is 1.00 e. The van der Waals surface area contributed by atoms with Gasteiger partial charge in [0.2, 0.25) is 0 Å². The second-order valence-corrected chi connectivity index (χ2v) is 39.5. The molecule has 1 saturated heterocycles. The molecule has 3 aromatic rings. The molecule has 27 heteroatoms. The third-order valence-electron chi connectivity index (χ3n) is 25.3. The van der Waals surface area contributed by atoms with Gasteiger partial charge in [-0.15, -0.1) is 0 Å². The van der Waals surface area contributed by atoms with E-state index in [0.717, 1.165) is 129 Å². The van der Waals surface area contributed by atoms with E-state index in [1.54, 1.807) is 0 Å². The van der Waals surface area contributed by atoms with Gasteiger partial charge in [0, 0.05) is 47.7 Å². The molecule has 12 bridgehead atoms. The van der Waals surface area contributed by atoms with Gasteiger partial charge in [-0.1, -0.05) is 54.1 Å². The predicted octanol–water partition coefficient (Wildman–Crippen LogP) is 12.5. The molecular weight excluding hydrogens is 1430 g/mol. The van der Waals surface area contributed by atoms with Crippen molar-refractivity contribution in [2.75, 3.05) is 40.1 Å². The van der Waals surface area contributed by atoms with Gasteiger partial charge in [0.15, 0.2) is 19.7 Å². The first-order valence-electron chi connectivity index (χ1n) is 36.1. The number of rotatable bonds is 18. The van der Waals surface area contributed by atoms with E-state index < -0.39 is 109 Å². The van der Waals surface area contributed by atoms with Gasteiger partial charge in [0.1, 0.15) is 44.5 Å². The first kappa shape index (κ1) is 80.2. The van der Waals surface area contributed by atoms with Crippen LogP contribution in [-0.2, 0) is 54.3 Å². The summed E-state index contributed by atoms with van der Waals surface area (Å²) < 4.78 is 138. The van der Waals surface area contributed by atoms with Gasteiger partial charge in [-0.3, -0.25) is 18.6 Å². The molecule has 7 atom stereocenters. The van der Waals surface area contributed by atoms with Crippen LogP contribution in [0.25, 0.3) is 0 Å². The summed E-state index contributed by atoms with van der Waals surface area (Å²) in [6, 6.07) is 7.00. The maximum atomic E-state index is 15.0. The smallest absolute Gasteiger partial charge is 0.870 e. The molecule has 1 heterocycles. The zero-order valence-electron chi connectivity index (χ0n) is 57.8. The van der Waals surface area contributed by atoms with Gasteiger partial charge < -0.3 is 44.8 Å². The van der Waals surface area contributed by atoms with Crippen LogP contribution in [0.1, 0.15) is 186 Å². The van der Waals surface area contributed by atoms with E-state index in [0.29, 0.717) is 70.5 Å². The topological polar surface area (TPSA) is 285 Å². The van der Waals surface area contributed by atoms with Crippen molar-refractivity contribution in [2.45, 2.75) is 217 Å². The fraction of sp³-hybridized carbons (Fsp3) is 0.716. The molecule has 15 aliphatic carbocycles. The summed E-state index contributed by atoms with van der Waals surface area (Å²) >= 11 is 19.1. The number of carboxylic acids is 2. The molecule has 16 fully saturated rings. The molecule has 17 nitrogen and oxygen atoms in total. The number of aliphatic carboxylic acids is 2. The van der Waals surface area contributed by atoms with Crippen molar-refractivity contribution < 1.29 is 112 Å². The molecule has 556 valence electrons. The van der Waals surface area contributed by atoms with Gasteiger partial charge in [0.05, 0.1) is 91.2 Å². The van der Waals surface area contributed by atoms with Gasteiger partial charge in [-0.05, 0) is 238 Å². The van der Waals surface area contributed by atoms with Crippen LogP contribution in [0.2, 0.25) is 15.1 Å². The molecule has 0 amide bonds. The first-order chi connectivity index (χ1) is 46.7. The monoisotopic (exact) mass is 1520 g/mol. The summed E-state index contributed by atoms with van der Waals surface area (Å²) in [5.74, 6) is 0.0741. The number of carboxylic acid groups (broad SMARTS) is 2. The Morgan fingerprint density at radius 2 is 0.812 bits per heavy atom. The van der Waals surface area contributed by atoms with Crippen LogP contribution in [-0.4, -0.2) is 116 Å². The predicted molar refractivity (Wildman–Crippen MR) is 370 cm³/mol. The Bertz CT molecular complexity index is 3650. The van der Waals surface area contributed by atoms with Crippen LogP contribution in [0.4, 0.5) is 13.2 Å². The summed E-state index contributed by atoms with van der Waals surface area (Å²) in [7, 11) is -8.75. The maximum absolute atomic E-state index is 15.0. The van der Waals surface area contributed by atoms with Gasteiger partial charge in [0.25, 0.3) is 0 Å². The average Bonchev–Trinajstić information content (AvgIpc) is 1.46. The van der Waals surface area contributed by atoms with E-state index in [2.05, 4.69) is 0 Å². The molecule has 0 radical (unpaired) electrons. The third kappa shape index (κ3) is 17.2. The molecule has 0 spiro atoms. The summed E-state index contributed by atoms with van der Waals surface area (Å²) in [4.78, 5) is 33.9. The quantitative estimate of drug-likeness (QED) is 0.0884. The zero-order valence-corrected chi connectivity index (χ0v) is 62.5. The molecule has 0 aromatic heterocycles. The molecule has 2 unspecified atom stereocenters. The van der Waals surface area contributed by atoms with Crippen LogP contribution in [0.15, 0.2) is 51.1 Å². The zero-order chi connectivity index (χ0) is 69.2. The van der Waals surface area contributed by atoms with E-state index in [4.69, 9.17) is 58.5 Å². The van der Waals surface area contributed by atoms with Crippen molar-refractivity contribution in [1.29, 1.82) is 0 Å². The Hall–Kier alpha value is -3.34. The number of methoxy groups -OCH3 is 1. The number of halogens is 6. The normalized spacial score (nSPS) is 35.1. The fourth-order valence-corrected chi connectivity index (χ4v) is 29.1. The minimum absolute atomic E-state index is 0. The van der Waals surface area contributed by atoms with E-state index >= 15 is 4.39 Å². The fourth-order valence-electron chi connectivity index (χ4n) is 22.3. The Morgan fingerprint density at radius 3 is 1.15 bits per heavy atom. The van der Waals surface area contributed by atoms with Crippen LogP contribution >= 0.6 is 34.8 Å². The Balaban J connectivity index is 0.000000155. The number of carbonyl (C=O) groups is 3. The summed E-state index contributed by atoms with van der Waals surface area (Å²) in [6.07, 6.45) is 29.0. The molecule has 101 heavy (non-hydrogen) atoms. The van der Waals surface area contributed by atoms with Crippen LogP contribution in [0.3, 0.4) is 0 Å². The van der Waals surface area contributed by atoms with E-state index in [-0.39, 0.29) is 90.4 Å². The van der Waals surface area contributed by atoms with Crippen molar-refractivity contribution in [1.82, 2.24) is 0 Å². The van der Waals surface area contributed by atoms with Crippen LogP contribution < -0.4 is 33.1 Å². The van der Waals surface area contributed by atoms with E-state index in [9.17, 15) is 54.4 Å². The molecule has 1 aliphatic heterocycles. The van der Waals surface area contributed by atoms with E-state index in [1.165, 1.54) is 109 Å². The number of ether oxygens (including phenoxy) is 5. The van der Waals surface area contributed by atoms with Crippen molar-refractivity contribution in [3.05, 3.63) is 68.9 Å². The first-order valence-corrected chi connectivity index (χ1v) is 41.5. The average molecular weight is 1530 g/mol. The number of hydrogen-bond donors (Lipinski definition) is 2. The number of carbonyl (C=O) groups excluding carboxylic acids is 1. The van der Waals surface area contributed by atoms with Crippen molar-refractivity contribution >= 4 is 83.2 Å². The second kappa shape index (κ2) is 32.6. The molecule has 16 aliphatic rings. The van der Waals surface area contributed by atoms with Gasteiger partial charge >= 0.3 is 36.8 Å². The van der Waals surface area contributed by atoms with Gasteiger partial charge in [-0.2, -0.15) is 0 Å². The number of sulfone groups is 2. The number of esters is 1. The molecule has 19 rings (SSSR count). The summed E-state index contributed by atoms with van der Waals surface area (Å²) in [5, 5.41) is 16.4. The minimum Gasteiger partial charge on any atom is -0.870 e. The standard InChI is InChI=1S/C24H30ClFO5S.C23H28ClFO5S.C23H28ClFO4S.C4H8O.Li.2H2O/c1-30-23(27)17-3-2-4-21(17)32(28,29)22-8-18(25)20(9-19(22)26)31-13-24-10-14-5-15(11-24)7-16(6-14)12-24;24-17-7-21(31(28,29)20-3-1-2-16(20)22(26)27)18(25)8-19(17)30-12-23-9-13-4-14(10-23)6-15(5-13)11-23;24-17-7-21(30(28)20-3-1-2-16(20)22(26)27)18(25)8-19(17)29-12-23-9-13-4-14(10-23)6-15(5-13)11-23;1-2-4-5-3-1;;;/h8-9,14-17,21H,2-7,10-13H2,1H3;7-8,13-16,20H,1-6,9-12H2,(H,26,27);7-8,13-16,20H,1-6,9-12H2,(H,26,27);1-4H2;;2*1H2/q;;;;+1;;/p-1/t;13?,14?,15?,16-,20-,23?;13?,14?,15?,16-,20-,23?,30-;;;;/m.11..../s1. The number of benzene rings is 3. The number of hydrogen-bond acceptors (Lipinski definition) is 14. The van der Waals surface area contributed by atoms with Gasteiger partial charge in [-0.25, -0.2) is 30.0 Å². The second-order valence-electron chi connectivity index (χ2n) is 32.4. The third-order valence-corrected chi connectivity index (χ3v) is 32.6. The molecule has 3 aromatic carbocycles. The van der Waals surface area contributed by atoms with Crippen molar-refractivity contribution in [2.24, 2.45) is 87.3 Å². The summed E-state index contributed by atoms with van der Waals surface area (Å²) in [6.45, 7) is 3.53. The van der Waals surface area contributed by atoms with Crippen molar-refractivity contribution in [3.63, 3.8) is 0 Å². The maximum Gasteiger partial charge on any atom is 1.00 e. The molecule has 5 N–H and O–H groups in total. The van der Waals surface area contributed by atoms with E-state index in [1.807, 2.05) is 0 Å². The Labute approximate surface area is 621 Å². The SMILES string of the molecule is C1CCOC1.COC(=O)C1CCCC1S(=O)(=O)c1cc(Cl)c(OCC23CC4CC(CC(C4)C2)C3)cc1F.O.O=C(O)[C@@H]1CCC[C@H]1S(=O)(=O)c1cc(Cl)c(OCC23CC4CC(CC(C4)C2)C3)cc1F.O=C(O)[C@@H]1CCC[C@H]1[S@@](=O)c1cc(Cl)c(OCC23CC4CC(CC(C4)C2)C3)cc1F.[Li+].[OH-]. The molecular formula is C74H97Cl3F3LiO17S3. The minimum atomic E-state index is -4.15.